The number of benzene rings is 2. The summed E-state index contributed by atoms with van der Waals surface area (Å²) in [5.74, 6) is 2.21. The van der Waals surface area contributed by atoms with Crippen LogP contribution < -0.4 is 25.0 Å². The lowest BCUT2D eigenvalue weighted by Gasteiger charge is -2.37. The van der Waals surface area contributed by atoms with E-state index < -0.39 is 0 Å². The zero-order valence-electron chi connectivity index (χ0n) is 17.3. The van der Waals surface area contributed by atoms with Gasteiger partial charge >= 0.3 is 6.03 Å². The van der Waals surface area contributed by atoms with E-state index in [2.05, 4.69) is 44.7 Å². The van der Waals surface area contributed by atoms with Crippen molar-refractivity contribution in [2.75, 3.05) is 56.8 Å². The Balaban J connectivity index is 1.20. The van der Waals surface area contributed by atoms with Gasteiger partial charge in [-0.2, -0.15) is 0 Å². The molecule has 7 nitrogen and oxygen atoms in total. The summed E-state index contributed by atoms with van der Waals surface area (Å²) in [5.41, 5.74) is 4.88. The van der Waals surface area contributed by atoms with Gasteiger partial charge in [0, 0.05) is 57.2 Å². The van der Waals surface area contributed by atoms with Gasteiger partial charge in [-0.15, -0.1) is 0 Å². The van der Waals surface area contributed by atoms with Crippen LogP contribution in [0.25, 0.3) is 0 Å². The molecule has 2 aliphatic heterocycles. The van der Waals surface area contributed by atoms with Gasteiger partial charge in [-0.3, -0.25) is 4.90 Å². The maximum absolute atomic E-state index is 11.6. The van der Waals surface area contributed by atoms with Crippen LogP contribution in [0.2, 0.25) is 0 Å². The van der Waals surface area contributed by atoms with Crippen molar-refractivity contribution in [2.24, 2.45) is 0 Å². The summed E-state index contributed by atoms with van der Waals surface area (Å²) in [7, 11) is 1.63. The fraction of sp³-hybridized carbons (Fsp3) is 0.435. The third kappa shape index (κ3) is 3.77. The number of anilines is 2. The Morgan fingerprint density at radius 1 is 1.07 bits per heavy atom. The standard InChI is InChI=1S/C23H28N4O3/c1-24-23(28)25-18-5-4-16-2-3-17(20(16)12-18)14-26-8-10-27(11-9-26)19-6-7-21-22(13-19)30-15-29-21/h4-7,12-13,17H,2-3,8-11,14-15H2,1H3,(H2,24,25,28). The van der Waals surface area contributed by atoms with Gasteiger partial charge in [0.05, 0.1) is 0 Å². The number of carbonyl (C=O) groups excluding carboxylic acids is 1. The zero-order chi connectivity index (χ0) is 20.5. The summed E-state index contributed by atoms with van der Waals surface area (Å²) in [4.78, 5) is 16.6. The topological polar surface area (TPSA) is 66.1 Å². The zero-order valence-corrected chi connectivity index (χ0v) is 17.3. The van der Waals surface area contributed by atoms with Gasteiger partial charge in [-0.05, 0) is 54.2 Å². The van der Waals surface area contributed by atoms with E-state index >= 15 is 0 Å². The third-order valence-electron chi connectivity index (χ3n) is 6.40. The highest BCUT2D eigenvalue weighted by molar-refractivity contribution is 5.89. The van der Waals surface area contributed by atoms with Gasteiger partial charge in [-0.1, -0.05) is 6.07 Å². The first-order valence-corrected chi connectivity index (χ1v) is 10.7. The largest absolute Gasteiger partial charge is 0.454 e. The van der Waals surface area contributed by atoms with Crippen molar-refractivity contribution in [3.05, 3.63) is 47.5 Å². The second-order valence-corrected chi connectivity index (χ2v) is 8.18. The Morgan fingerprint density at radius 3 is 2.73 bits per heavy atom. The molecule has 1 unspecified atom stereocenters. The molecule has 7 heteroatoms. The minimum absolute atomic E-state index is 0.177. The number of carbonyl (C=O) groups is 1. The van der Waals surface area contributed by atoms with Gasteiger partial charge in [-0.25, -0.2) is 4.79 Å². The summed E-state index contributed by atoms with van der Waals surface area (Å²) >= 11 is 0. The number of ether oxygens (including phenoxy) is 2. The number of nitrogens with zero attached hydrogens (tertiary/aromatic N) is 2. The van der Waals surface area contributed by atoms with E-state index in [4.69, 9.17) is 9.47 Å². The molecule has 0 aromatic heterocycles. The molecule has 1 atom stereocenters. The maximum atomic E-state index is 11.6. The van der Waals surface area contributed by atoms with Crippen molar-refractivity contribution in [3.8, 4) is 11.5 Å². The van der Waals surface area contributed by atoms with Crippen LogP contribution in [0.3, 0.4) is 0 Å². The SMILES string of the molecule is CNC(=O)Nc1ccc2c(c1)C(CN1CCN(c3ccc4c(c3)OCO4)CC1)CC2. The van der Waals surface area contributed by atoms with Crippen LogP contribution >= 0.6 is 0 Å². The van der Waals surface area contributed by atoms with Crippen LogP contribution in [0.4, 0.5) is 16.2 Å². The molecule has 2 N–H and O–H groups in total. The number of fused-ring (bicyclic) bond motifs is 2. The highest BCUT2D eigenvalue weighted by atomic mass is 16.7. The van der Waals surface area contributed by atoms with Crippen molar-refractivity contribution in [3.63, 3.8) is 0 Å². The van der Waals surface area contributed by atoms with Crippen LogP contribution in [0, 0.1) is 0 Å². The maximum Gasteiger partial charge on any atom is 0.318 e. The first-order valence-electron chi connectivity index (χ1n) is 10.7. The number of piperazine rings is 1. The molecule has 0 spiro atoms. The monoisotopic (exact) mass is 408 g/mol. The third-order valence-corrected chi connectivity index (χ3v) is 6.40. The second-order valence-electron chi connectivity index (χ2n) is 8.18. The molecule has 1 fully saturated rings. The van der Waals surface area contributed by atoms with E-state index in [9.17, 15) is 4.79 Å². The number of amides is 2. The summed E-state index contributed by atoms with van der Waals surface area (Å²) < 4.78 is 10.9. The first kappa shape index (κ1) is 19.1. The van der Waals surface area contributed by atoms with Crippen LogP contribution in [0.5, 0.6) is 11.5 Å². The fourth-order valence-corrected chi connectivity index (χ4v) is 4.73. The minimum Gasteiger partial charge on any atom is -0.454 e. The molecular formula is C23H28N4O3. The van der Waals surface area contributed by atoms with E-state index in [-0.39, 0.29) is 6.03 Å². The predicted octanol–water partition coefficient (Wildman–Crippen LogP) is 3.02. The van der Waals surface area contributed by atoms with Crippen LogP contribution in [-0.2, 0) is 6.42 Å². The van der Waals surface area contributed by atoms with E-state index in [1.807, 2.05) is 12.1 Å². The number of urea groups is 1. The Bertz CT molecular complexity index is 940. The van der Waals surface area contributed by atoms with Gasteiger partial charge in [0.1, 0.15) is 0 Å². The lowest BCUT2D eigenvalue weighted by Crippen LogP contribution is -2.47. The highest BCUT2D eigenvalue weighted by Crippen LogP contribution is 2.37. The molecule has 5 rings (SSSR count). The minimum atomic E-state index is -0.177. The highest BCUT2D eigenvalue weighted by Gasteiger charge is 2.27. The predicted molar refractivity (Wildman–Crippen MR) is 117 cm³/mol. The Morgan fingerprint density at radius 2 is 1.90 bits per heavy atom. The quantitative estimate of drug-likeness (QED) is 0.814. The molecule has 1 aliphatic carbocycles. The Kier molecular flexibility index (Phi) is 5.12. The molecule has 2 aromatic carbocycles. The molecule has 0 bridgehead atoms. The van der Waals surface area contributed by atoms with Crippen molar-refractivity contribution in [2.45, 2.75) is 18.8 Å². The summed E-state index contributed by atoms with van der Waals surface area (Å²) in [6.07, 6.45) is 2.30. The molecule has 0 saturated carbocycles. The van der Waals surface area contributed by atoms with E-state index in [1.54, 1.807) is 7.05 Å². The lowest BCUT2D eigenvalue weighted by molar-refractivity contribution is 0.174. The van der Waals surface area contributed by atoms with Crippen molar-refractivity contribution < 1.29 is 14.3 Å². The smallest absolute Gasteiger partial charge is 0.318 e. The summed E-state index contributed by atoms with van der Waals surface area (Å²) in [5, 5.41) is 5.51. The van der Waals surface area contributed by atoms with Crippen LogP contribution in [0.1, 0.15) is 23.5 Å². The van der Waals surface area contributed by atoms with Gasteiger partial charge in [0.25, 0.3) is 0 Å². The Labute approximate surface area is 176 Å². The lowest BCUT2D eigenvalue weighted by atomic mass is 9.99. The van der Waals surface area contributed by atoms with Gasteiger partial charge in [0.2, 0.25) is 6.79 Å². The molecule has 1 saturated heterocycles. The van der Waals surface area contributed by atoms with Crippen molar-refractivity contribution >= 4 is 17.4 Å². The fourth-order valence-electron chi connectivity index (χ4n) is 4.73. The molecule has 158 valence electrons. The number of aryl methyl sites for hydroxylation is 1. The molecule has 30 heavy (non-hydrogen) atoms. The molecule has 0 radical (unpaired) electrons. The van der Waals surface area contributed by atoms with Crippen LogP contribution in [0.15, 0.2) is 36.4 Å². The van der Waals surface area contributed by atoms with Crippen molar-refractivity contribution in [1.29, 1.82) is 0 Å². The van der Waals surface area contributed by atoms with Gasteiger partial charge in [0.15, 0.2) is 11.5 Å². The number of hydrogen-bond donors (Lipinski definition) is 2. The molecule has 2 amide bonds. The first-order chi connectivity index (χ1) is 14.7. The molecular weight excluding hydrogens is 380 g/mol. The number of hydrogen-bond acceptors (Lipinski definition) is 5. The van der Waals surface area contributed by atoms with E-state index in [0.717, 1.165) is 56.3 Å². The number of rotatable bonds is 4. The molecule has 2 aromatic rings. The average molecular weight is 409 g/mol. The van der Waals surface area contributed by atoms with Gasteiger partial charge < -0.3 is 25.0 Å². The molecule has 2 heterocycles. The second kappa shape index (κ2) is 8.07. The van der Waals surface area contributed by atoms with E-state index in [0.29, 0.717) is 12.7 Å². The molecule has 3 aliphatic rings. The Hall–Kier alpha value is -2.93. The van der Waals surface area contributed by atoms with Crippen LogP contribution in [-0.4, -0.2) is 57.5 Å². The normalized spacial score (nSPS) is 20.2. The summed E-state index contributed by atoms with van der Waals surface area (Å²) in [6.45, 7) is 5.52. The number of nitrogens with one attached hydrogen (secondary N) is 2. The van der Waals surface area contributed by atoms with Crippen molar-refractivity contribution in [1.82, 2.24) is 10.2 Å². The summed E-state index contributed by atoms with van der Waals surface area (Å²) in [6, 6.07) is 12.4. The average Bonchev–Trinajstić information content (AvgIpc) is 3.40. The van der Waals surface area contributed by atoms with E-state index in [1.165, 1.54) is 23.2 Å².